The van der Waals surface area contributed by atoms with Gasteiger partial charge in [0.25, 0.3) is 0 Å². The molecule has 7 nitrogen and oxygen atoms in total. The fourth-order valence-corrected chi connectivity index (χ4v) is 2.78. The second-order valence-electron chi connectivity index (χ2n) is 6.62. The van der Waals surface area contributed by atoms with Gasteiger partial charge in [-0.3, -0.25) is 4.57 Å². The third kappa shape index (κ3) is 5.09. The maximum Gasteiger partial charge on any atom is 0.573 e. The zero-order valence-electron chi connectivity index (χ0n) is 15.6. The van der Waals surface area contributed by atoms with Gasteiger partial charge in [0.1, 0.15) is 11.6 Å². The predicted molar refractivity (Wildman–Crippen MR) is 100 cm³/mol. The Balaban J connectivity index is 1.85. The van der Waals surface area contributed by atoms with Crippen molar-refractivity contribution in [2.45, 2.75) is 32.8 Å². The van der Waals surface area contributed by atoms with Crippen molar-refractivity contribution in [1.29, 1.82) is 0 Å². The number of ether oxygens (including phenoxy) is 1. The van der Waals surface area contributed by atoms with Gasteiger partial charge in [-0.15, -0.1) is 13.2 Å². The molecule has 0 amide bonds. The minimum Gasteiger partial charge on any atom is -0.493 e. The van der Waals surface area contributed by atoms with Crippen molar-refractivity contribution in [3.05, 3.63) is 64.8 Å². The molecule has 0 fully saturated rings. The van der Waals surface area contributed by atoms with E-state index in [9.17, 15) is 23.1 Å². The summed E-state index contributed by atoms with van der Waals surface area (Å²) in [5, 5.41) is 13.3. The molecule has 154 valence electrons. The van der Waals surface area contributed by atoms with E-state index < -0.39 is 17.8 Å². The summed E-state index contributed by atoms with van der Waals surface area (Å²) in [7, 11) is 0. The first-order valence-corrected chi connectivity index (χ1v) is 8.71. The van der Waals surface area contributed by atoms with Crippen LogP contribution in [-0.4, -0.2) is 31.6 Å². The van der Waals surface area contributed by atoms with Gasteiger partial charge in [0.15, 0.2) is 0 Å². The highest BCUT2D eigenvalue weighted by atomic mass is 19.4. The summed E-state index contributed by atoms with van der Waals surface area (Å²) in [5.74, 6) is -0.0984. The van der Waals surface area contributed by atoms with E-state index in [1.165, 1.54) is 22.9 Å². The third-order valence-corrected chi connectivity index (χ3v) is 3.88. The number of rotatable bonds is 6. The summed E-state index contributed by atoms with van der Waals surface area (Å²) in [6.07, 6.45) is -1.93. The van der Waals surface area contributed by atoms with Crippen LogP contribution in [0.15, 0.2) is 53.6 Å². The summed E-state index contributed by atoms with van der Waals surface area (Å²) in [6.45, 7) is 4.13. The highest BCUT2D eigenvalue weighted by Gasteiger charge is 2.31. The maximum atomic E-state index is 12.7. The molecule has 0 atom stereocenters. The molecule has 3 rings (SSSR count). The van der Waals surface area contributed by atoms with Gasteiger partial charge < -0.3 is 15.2 Å². The molecule has 0 aliphatic carbocycles. The molecular weight excluding hydrogens is 389 g/mol. The molecule has 0 unspecified atom stereocenters. The first-order chi connectivity index (χ1) is 13.6. The molecule has 0 spiro atoms. The van der Waals surface area contributed by atoms with E-state index >= 15 is 0 Å². The monoisotopic (exact) mass is 408 g/mol. The number of nitrogens with zero attached hydrogens (tertiary/aromatic N) is 3. The second kappa shape index (κ2) is 7.90. The Kier molecular flexibility index (Phi) is 5.53. The highest BCUT2D eigenvalue weighted by Crippen LogP contribution is 2.24. The van der Waals surface area contributed by atoms with Gasteiger partial charge in [0.2, 0.25) is 5.88 Å². The number of hydrogen-bond acceptors (Lipinski definition) is 5. The van der Waals surface area contributed by atoms with E-state index in [0.29, 0.717) is 5.82 Å². The quantitative estimate of drug-likeness (QED) is 0.653. The maximum absolute atomic E-state index is 12.7. The molecule has 1 aromatic carbocycles. The lowest BCUT2D eigenvalue weighted by Gasteiger charge is -2.10. The molecular formula is C19H19F3N4O3. The van der Waals surface area contributed by atoms with Crippen LogP contribution < -0.4 is 15.7 Å². The van der Waals surface area contributed by atoms with Gasteiger partial charge in [-0.05, 0) is 55.8 Å². The molecule has 0 saturated carbocycles. The fourth-order valence-electron chi connectivity index (χ4n) is 2.78. The Bertz CT molecular complexity index is 1040. The third-order valence-electron chi connectivity index (χ3n) is 3.88. The molecule has 2 aromatic heterocycles. The highest BCUT2D eigenvalue weighted by molar-refractivity contribution is 5.41. The number of halogens is 3. The van der Waals surface area contributed by atoms with Crippen molar-refractivity contribution >= 4 is 5.82 Å². The van der Waals surface area contributed by atoms with Crippen LogP contribution in [0, 0.1) is 0 Å². The van der Waals surface area contributed by atoms with Crippen molar-refractivity contribution in [3.8, 4) is 17.3 Å². The molecule has 0 aliphatic rings. The first-order valence-electron chi connectivity index (χ1n) is 8.71. The molecule has 3 aromatic rings. The minimum atomic E-state index is -4.81. The van der Waals surface area contributed by atoms with Crippen LogP contribution in [0.25, 0.3) is 5.69 Å². The van der Waals surface area contributed by atoms with Crippen molar-refractivity contribution in [2.24, 2.45) is 0 Å². The van der Waals surface area contributed by atoms with Gasteiger partial charge in [0, 0.05) is 12.2 Å². The molecule has 2 N–H and O–H groups in total. The van der Waals surface area contributed by atoms with Crippen LogP contribution in [0.2, 0.25) is 0 Å². The van der Waals surface area contributed by atoms with Gasteiger partial charge in [-0.2, -0.15) is 0 Å². The average Bonchev–Trinajstić information content (AvgIpc) is 2.88. The lowest BCUT2D eigenvalue weighted by atomic mass is 10.2. The van der Waals surface area contributed by atoms with Crippen molar-refractivity contribution in [2.75, 3.05) is 5.32 Å². The summed E-state index contributed by atoms with van der Waals surface area (Å²) in [5.41, 5.74) is 0.455. The molecule has 2 heterocycles. The molecule has 0 saturated heterocycles. The minimum absolute atomic E-state index is 0.184. The molecule has 10 heteroatoms. The predicted octanol–water partition coefficient (Wildman–Crippen LogP) is 3.51. The first kappa shape index (κ1) is 20.3. The van der Waals surface area contributed by atoms with E-state index in [1.807, 2.05) is 13.8 Å². The fraction of sp³-hybridized carbons (Fsp3) is 0.263. The number of hydrogen-bond donors (Lipinski definition) is 2. The number of anilines is 1. The summed E-state index contributed by atoms with van der Waals surface area (Å²) in [4.78, 5) is 16.9. The average molecular weight is 408 g/mol. The number of aromatic nitrogens is 3. The Morgan fingerprint density at radius 1 is 1.21 bits per heavy atom. The number of alkyl halides is 3. The van der Waals surface area contributed by atoms with Gasteiger partial charge in [-0.1, -0.05) is 0 Å². The van der Waals surface area contributed by atoms with E-state index in [-0.39, 0.29) is 24.2 Å². The topological polar surface area (TPSA) is 81.3 Å². The van der Waals surface area contributed by atoms with E-state index in [2.05, 4.69) is 15.0 Å². The largest absolute Gasteiger partial charge is 0.573 e. The van der Waals surface area contributed by atoms with Crippen molar-refractivity contribution in [3.63, 3.8) is 0 Å². The number of pyridine rings is 1. The van der Waals surface area contributed by atoms with Crippen LogP contribution >= 0.6 is 0 Å². The lowest BCUT2D eigenvalue weighted by molar-refractivity contribution is -0.274. The smallest absolute Gasteiger partial charge is 0.493 e. The van der Waals surface area contributed by atoms with Gasteiger partial charge in [-0.25, -0.2) is 14.3 Å². The summed E-state index contributed by atoms with van der Waals surface area (Å²) in [6, 6.07) is 8.37. The zero-order chi connectivity index (χ0) is 21.2. The van der Waals surface area contributed by atoms with Gasteiger partial charge >= 0.3 is 12.1 Å². The molecule has 29 heavy (non-hydrogen) atoms. The Morgan fingerprint density at radius 2 is 1.90 bits per heavy atom. The summed E-state index contributed by atoms with van der Waals surface area (Å²) < 4.78 is 42.9. The normalized spacial score (nSPS) is 11.7. The second-order valence-corrected chi connectivity index (χ2v) is 6.62. The molecule has 0 aliphatic heterocycles. The Hall–Kier alpha value is -3.43. The van der Waals surface area contributed by atoms with Crippen LogP contribution in [0.5, 0.6) is 11.6 Å². The zero-order valence-corrected chi connectivity index (χ0v) is 15.6. The number of aromatic hydroxyl groups is 1. The Morgan fingerprint density at radius 3 is 2.52 bits per heavy atom. The van der Waals surface area contributed by atoms with Crippen LogP contribution in [-0.2, 0) is 6.54 Å². The van der Waals surface area contributed by atoms with Crippen LogP contribution in [0.1, 0.15) is 19.4 Å². The standard InChI is InChI=1S/C19H19F3N4O3/c1-12(2)24-16-9-13(7-8-23-16)10-25-11-17(27)26(18(25)28)14-3-5-15(6-4-14)29-19(20,21)22/h3-9,11-12,27H,10H2,1-2H3,(H,23,24). The lowest BCUT2D eigenvalue weighted by Crippen LogP contribution is -2.23. The van der Waals surface area contributed by atoms with Crippen LogP contribution in [0.3, 0.4) is 0 Å². The summed E-state index contributed by atoms with van der Waals surface area (Å²) >= 11 is 0. The molecule has 0 bridgehead atoms. The Labute approximate surface area is 164 Å². The number of imidazole rings is 1. The van der Waals surface area contributed by atoms with Crippen LogP contribution in [0.4, 0.5) is 19.0 Å². The van der Waals surface area contributed by atoms with E-state index in [4.69, 9.17) is 0 Å². The van der Waals surface area contributed by atoms with E-state index in [0.717, 1.165) is 22.3 Å². The number of benzene rings is 1. The van der Waals surface area contributed by atoms with E-state index in [1.54, 1.807) is 18.3 Å². The number of nitrogens with one attached hydrogen (secondary N) is 1. The van der Waals surface area contributed by atoms with Crippen molar-refractivity contribution < 1.29 is 23.0 Å². The van der Waals surface area contributed by atoms with Crippen molar-refractivity contribution in [1.82, 2.24) is 14.1 Å². The van der Waals surface area contributed by atoms with Gasteiger partial charge in [0.05, 0.1) is 18.4 Å². The molecule has 0 radical (unpaired) electrons. The SMILES string of the molecule is CC(C)Nc1cc(Cn2cc(O)n(-c3ccc(OC(F)(F)F)cc3)c2=O)ccn1.